The largest absolute Gasteiger partial charge is 0.481 e. The molecular weight excluding hydrogens is 379 g/mol. The average Bonchev–Trinajstić information content (AvgIpc) is 2.43. The number of hydrogen-bond donors (Lipinski definition) is 2. The predicted octanol–water partition coefficient (Wildman–Crippen LogP) is 3.30. The highest BCUT2D eigenvalue weighted by molar-refractivity contribution is 14.1. The molecule has 0 heterocycles. The first-order valence-electron chi connectivity index (χ1n) is 6.57. The van der Waals surface area contributed by atoms with Crippen LogP contribution in [0.25, 0.3) is 0 Å². The van der Waals surface area contributed by atoms with E-state index < -0.39 is 17.6 Å². The Morgan fingerprint density at radius 2 is 1.95 bits per heavy atom. The van der Waals surface area contributed by atoms with Gasteiger partial charge in [0.15, 0.2) is 0 Å². The molecule has 1 fully saturated rings. The molecule has 0 aromatic heterocycles. The van der Waals surface area contributed by atoms with Gasteiger partial charge < -0.3 is 10.4 Å². The van der Waals surface area contributed by atoms with Gasteiger partial charge >= 0.3 is 5.97 Å². The molecule has 6 heteroatoms. The van der Waals surface area contributed by atoms with Gasteiger partial charge in [0, 0.05) is 21.7 Å². The Hall–Kier alpha value is -0.760. The molecular formula is C14H16F2INO2. The molecule has 110 valence electrons. The number of carboxylic acid groups (broad SMARTS) is 1. The number of carboxylic acids is 1. The molecule has 1 aliphatic rings. The van der Waals surface area contributed by atoms with Crippen LogP contribution in [0.4, 0.5) is 8.78 Å². The number of nitrogens with one attached hydrogen (secondary N) is 1. The third-order valence-electron chi connectivity index (χ3n) is 3.78. The maximum absolute atomic E-state index is 13.8. The van der Waals surface area contributed by atoms with Gasteiger partial charge in [0.1, 0.15) is 11.6 Å². The van der Waals surface area contributed by atoms with Gasteiger partial charge in [-0.1, -0.05) is 0 Å². The van der Waals surface area contributed by atoms with E-state index in [-0.39, 0.29) is 24.1 Å². The summed E-state index contributed by atoms with van der Waals surface area (Å²) in [6.45, 7) is 0.136. The van der Waals surface area contributed by atoms with Crippen LogP contribution in [0.15, 0.2) is 12.1 Å². The Balaban J connectivity index is 1.91. The van der Waals surface area contributed by atoms with E-state index in [1.165, 1.54) is 12.1 Å². The molecule has 1 saturated carbocycles. The molecule has 1 aliphatic carbocycles. The Morgan fingerprint density at radius 1 is 1.30 bits per heavy atom. The van der Waals surface area contributed by atoms with Gasteiger partial charge in [-0.15, -0.1) is 0 Å². The molecule has 0 aliphatic heterocycles. The van der Waals surface area contributed by atoms with Crippen LogP contribution >= 0.6 is 22.6 Å². The van der Waals surface area contributed by atoms with Crippen molar-refractivity contribution in [3.63, 3.8) is 0 Å². The number of hydrogen-bond acceptors (Lipinski definition) is 2. The van der Waals surface area contributed by atoms with Gasteiger partial charge in [0.05, 0.1) is 5.92 Å². The summed E-state index contributed by atoms with van der Waals surface area (Å²) < 4.78 is 27.8. The Bertz CT molecular complexity index is 502. The highest BCUT2D eigenvalue weighted by Gasteiger charge is 2.26. The summed E-state index contributed by atoms with van der Waals surface area (Å²) in [4.78, 5) is 10.8. The van der Waals surface area contributed by atoms with Crippen molar-refractivity contribution in [3.05, 3.63) is 32.9 Å². The average molecular weight is 395 g/mol. The third-order valence-corrected chi connectivity index (χ3v) is 4.62. The predicted molar refractivity (Wildman–Crippen MR) is 79.3 cm³/mol. The van der Waals surface area contributed by atoms with Gasteiger partial charge in [-0.2, -0.15) is 0 Å². The summed E-state index contributed by atoms with van der Waals surface area (Å²) in [6, 6.07) is 2.80. The zero-order valence-corrected chi connectivity index (χ0v) is 13.0. The molecule has 1 aromatic rings. The summed E-state index contributed by atoms with van der Waals surface area (Å²) in [7, 11) is 0. The highest BCUT2D eigenvalue weighted by Crippen LogP contribution is 2.25. The fourth-order valence-electron chi connectivity index (χ4n) is 2.52. The lowest BCUT2D eigenvalue weighted by atomic mass is 9.86. The van der Waals surface area contributed by atoms with Crippen molar-refractivity contribution in [2.24, 2.45) is 5.92 Å². The minimum absolute atomic E-state index is 0.0530. The molecule has 0 atom stereocenters. The van der Waals surface area contributed by atoms with Crippen molar-refractivity contribution >= 4 is 28.6 Å². The van der Waals surface area contributed by atoms with E-state index in [0.29, 0.717) is 16.4 Å². The molecule has 0 spiro atoms. The Labute approximate surface area is 129 Å². The van der Waals surface area contributed by atoms with E-state index in [4.69, 9.17) is 5.11 Å². The monoisotopic (exact) mass is 395 g/mol. The lowest BCUT2D eigenvalue weighted by Crippen LogP contribution is -2.35. The van der Waals surface area contributed by atoms with E-state index in [0.717, 1.165) is 12.8 Å². The van der Waals surface area contributed by atoms with Crippen LogP contribution in [0.1, 0.15) is 31.2 Å². The van der Waals surface area contributed by atoms with Crippen molar-refractivity contribution in [2.75, 3.05) is 0 Å². The zero-order valence-electron chi connectivity index (χ0n) is 10.8. The summed E-state index contributed by atoms with van der Waals surface area (Å²) in [5, 5.41) is 12.0. The Kier molecular flexibility index (Phi) is 5.31. The number of halogens is 3. The second-order valence-corrected chi connectivity index (χ2v) is 6.25. The molecule has 0 saturated heterocycles. The van der Waals surface area contributed by atoms with Crippen molar-refractivity contribution in [2.45, 2.75) is 38.3 Å². The van der Waals surface area contributed by atoms with Gasteiger partial charge in [-0.3, -0.25) is 4.79 Å². The first-order chi connectivity index (χ1) is 9.49. The van der Waals surface area contributed by atoms with Crippen molar-refractivity contribution in [1.82, 2.24) is 5.32 Å². The fourth-order valence-corrected chi connectivity index (χ4v) is 3.03. The molecule has 20 heavy (non-hydrogen) atoms. The maximum atomic E-state index is 13.8. The Morgan fingerprint density at radius 3 is 2.55 bits per heavy atom. The minimum Gasteiger partial charge on any atom is -0.481 e. The van der Waals surface area contributed by atoms with Crippen LogP contribution in [0.3, 0.4) is 0 Å². The number of rotatable bonds is 4. The van der Waals surface area contributed by atoms with Crippen LogP contribution in [-0.4, -0.2) is 17.1 Å². The van der Waals surface area contributed by atoms with Crippen LogP contribution in [0.5, 0.6) is 0 Å². The summed E-state index contributed by atoms with van der Waals surface area (Å²) in [5.41, 5.74) is 0.0530. The topological polar surface area (TPSA) is 49.3 Å². The molecule has 3 nitrogen and oxygen atoms in total. The normalized spacial score (nSPS) is 22.8. The standard InChI is InChI=1S/C14H16F2INO2/c15-11-5-6-12(17)13(16)10(11)7-18-9-3-1-8(2-4-9)14(19)20/h5-6,8-9,18H,1-4,7H2,(H,19,20). The molecule has 1 aromatic carbocycles. The molecule has 2 N–H and O–H groups in total. The SMILES string of the molecule is O=C(O)C1CCC(NCc2c(F)ccc(I)c2F)CC1. The van der Waals surface area contributed by atoms with Crippen LogP contribution in [-0.2, 0) is 11.3 Å². The van der Waals surface area contributed by atoms with Gasteiger partial charge in [-0.05, 0) is 60.4 Å². The summed E-state index contributed by atoms with van der Waals surface area (Å²) >= 11 is 1.84. The number of benzene rings is 1. The minimum atomic E-state index is -0.752. The summed E-state index contributed by atoms with van der Waals surface area (Å²) in [6.07, 6.45) is 2.68. The number of carbonyl (C=O) groups is 1. The lowest BCUT2D eigenvalue weighted by Gasteiger charge is -2.27. The van der Waals surface area contributed by atoms with E-state index in [9.17, 15) is 13.6 Å². The van der Waals surface area contributed by atoms with Gasteiger partial charge in [-0.25, -0.2) is 8.78 Å². The summed E-state index contributed by atoms with van der Waals surface area (Å²) in [5.74, 6) is -2.09. The zero-order chi connectivity index (χ0) is 14.7. The van der Waals surface area contributed by atoms with E-state index in [1.54, 1.807) is 0 Å². The molecule has 0 radical (unpaired) electrons. The molecule has 0 unspecified atom stereocenters. The van der Waals surface area contributed by atoms with Crippen LogP contribution in [0.2, 0.25) is 0 Å². The maximum Gasteiger partial charge on any atom is 0.306 e. The highest BCUT2D eigenvalue weighted by atomic mass is 127. The third kappa shape index (κ3) is 3.66. The lowest BCUT2D eigenvalue weighted by molar-refractivity contribution is -0.142. The van der Waals surface area contributed by atoms with Crippen LogP contribution < -0.4 is 5.32 Å². The van der Waals surface area contributed by atoms with E-state index in [2.05, 4.69) is 5.32 Å². The number of aliphatic carboxylic acids is 1. The van der Waals surface area contributed by atoms with Crippen molar-refractivity contribution in [3.8, 4) is 0 Å². The quantitative estimate of drug-likeness (QED) is 0.608. The first kappa shape index (κ1) is 15.6. The smallest absolute Gasteiger partial charge is 0.306 e. The molecule has 2 rings (SSSR count). The van der Waals surface area contributed by atoms with E-state index in [1.807, 2.05) is 22.6 Å². The molecule has 0 amide bonds. The van der Waals surface area contributed by atoms with Gasteiger partial charge in [0.25, 0.3) is 0 Å². The fraction of sp³-hybridized carbons (Fsp3) is 0.500. The van der Waals surface area contributed by atoms with E-state index >= 15 is 0 Å². The van der Waals surface area contributed by atoms with Crippen molar-refractivity contribution < 1.29 is 18.7 Å². The van der Waals surface area contributed by atoms with Crippen molar-refractivity contribution in [1.29, 1.82) is 0 Å². The van der Waals surface area contributed by atoms with Gasteiger partial charge in [0.2, 0.25) is 0 Å². The molecule has 0 bridgehead atoms. The second kappa shape index (κ2) is 6.80. The first-order valence-corrected chi connectivity index (χ1v) is 7.65. The second-order valence-electron chi connectivity index (χ2n) is 5.09. The van der Waals surface area contributed by atoms with Crippen LogP contribution in [0, 0.1) is 21.1 Å².